The number of carbonyl (C=O) groups is 2. The summed E-state index contributed by atoms with van der Waals surface area (Å²) in [4.78, 5) is 26.1. The van der Waals surface area contributed by atoms with Crippen molar-refractivity contribution in [2.24, 2.45) is 0 Å². The van der Waals surface area contributed by atoms with Crippen LogP contribution in [0, 0.1) is 0 Å². The Morgan fingerprint density at radius 1 is 1.00 bits per heavy atom. The molecule has 2 aromatic rings. The predicted molar refractivity (Wildman–Crippen MR) is 97.2 cm³/mol. The largest absolute Gasteiger partial charge is 0.497 e. The summed E-state index contributed by atoms with van der Waals surface area (Å²) in [6, 6.07) is 17.1. The smallest absolute Gasteiger partial charge is 0.242 e. The molecule has 5 heteroatoms. The van der Waals surface area contributed by atoms with E-state index in [2.05, 4.69) is 5.32 Å². The fourth-order valence-electron chi connectivity index (χ4n) is 2.46. The molecule has 5 nitrogen and oxygen atoms in total. The molecule has 0 saturated heterocycles. The summed E-state index contributed by atoms with van der Waals surface area (Å²) in [6.07, 6.45) is 0.238. The van der Waals surface area contributed by atoms with Crippen LogP contribution in [-0.4, -0.2) is 36.9 Å². The van der Waals surface area contributed by atoms with Crippen LogP contribution in [0.4, 0.5) is 0 Å². The van der Waals surface area contributed by atoms with E-state index in [1.807, 2.05) is 61.5 Å². The third-order valence-electron chi connectivity index (χ3n) is 3.91. The average molecular weight is 340 g/mol. The van der Waals surface area contributed by atoms with Crippen molar-refractivity contribution in [2.75, 3.05) is 20.2 Å². The Balaban J connectivity index is 1.81. The van der Waals surface area contributed by atoms with Crippen molar-refractivity contribution in [1.29, 1.82) is 0 Å². The Labute approximate surface area is 148 Å². The molecule has 0 spiro atoms. The third-order valence-corrected chi connectivity index (χ3v) is 3.91. The van der Waals surface area contributed by atoms with Crippen LogP contribution in [0.5, 0.6) is 5.75 Å². The number of nitrogens with one attached hydrogen (secondary N) is 1. The van der Waals surface area contributed by atoms with Gasteiger partial charge in [-0.2, -0.15) is 0 Å². The average Bonchev–Trinajstić information content (AvgIpc) is 2.65. The minimum Gasteiger partial charge on any atom is -0.497 e. The van der Waals surface area contributed by atoms with E-state index in [4.69, 9.17) is 4.74 Å². The van der Waals surface area contributed by atoms with Gasteiger partial charge in [0.2, 0.25) is 11.8 Å². The molecule has 0 aliphatic carbocycles. The summed E-state index contributed by atoms with van der Waals surface area (Å²) < 4.78 is 5.09. The number of nitrogens with zero attached hydrogens (tertiary/aromatic N) is 1. The predicted octanol–water partition coefficient (Wildman–Crippen LogP) is 2.40. The monoisotopic (exact) mass is 340 g/mol. The molecule has 0 bridgehead atoms. The second kappa shape index (κ2) is 9.47. The molecule has 0 heterocycles. The number of hydrogen-bond donors (Lipinski definition) is 1. The number of rotatable bonds is 8. The summed E-state index contributed by atoms with van der Waals surface area (Å²) in [6.45, 7) is 3.09. The highest BCUT2D eigenvalue weighted by molar-refractivity contribution is 5.85. The van der Waals surface area contributed by atoms with Crippen LogP contribution in [0.15, 0.2) is 54.6 Å². The summed E-state index contributed by atoms with van der Waals surface area (Å²) in [5.74, 6) is 0.488. The molecule has 2 aromatic carbocycles. The molecule has 0 unspecified atom stereocenters. The van der Waals surface area contributed by atoms with E-state index < -0.39 is 0 Å². The lowest BCUT2D eigenvalue weighted by Crippen LogP contribution is -2.40. The van der Waals surface area contributed by atoms with E-state index in [0.29, 0.717) is 13.1 Å². The van der Waals surface area contributed by atoms with Crippen molar-refractivity contribution in [1.82, 2.24) is 10.2 Å². The van der Waals surface area contributed by atoms with Gasteiger partial charge in [0.15, 0.2) is 0 Å². The maximum atomic E-state index is 12.3. The van der Waals surface area contributed by atoms with Crippen LogP contribution >= 0.6 is 0 Å². The van der Waals surface area contributed by atoms with E-state index in [1.165, 1.54) is 0 Å². The van der Waals surface area contributed by atoms with Gasteiger partial charge in [0.05, 0.1) is 20.1 Å². The summed E-state index contributed by atoms with van der Waals surface area (Å²) in [5.41, 5.74) is 1.95. The first kappa shape index (κ1) is 18.5. The quantitative estimate of drug-likeness (QED) is 0.803. The van der Waals surface area contributed by atoms with Crippen LogP contribution < -0.4 is 10.1 Å². The summed E-state index contributed by atoms with van der Waals surface area (Å²) >= 11 is 0. The summed E-state index contributed by atoms with van der Waals surface area (Å²) in [7, 11) is 1.60. The SMILES string of the molecule is CCN(Cc1ccccc1)C(=O)CNC(=O)Cc1ccc(OC)cc1. The molecule has 0 saturated carbocycles. The Bertz CT molecular complexity index is 684. The van der Waals surface area contributed by atoms with Crippen molar-refractivity contribution in [2.45, 2.75) is 19.9 Å². The lowest BCUT2D eigenvalue weighted by atomic mass is 10.1. The zero-order chi connectivity index (χ0) is 18.1. The minimum absolute atomic E-state index is 0.00958. The van der Waals surface area contributed by atoms with E-state index >= 15 is 0 Å². The lowest BCUT2D eigenvalue weighted by Gasteiger charge is -2.21. The number of methoxy groups -OCH3 is 1. The molecule has 0 radical (unpaired) electrons. The topological polar surface area (TPSA) is 58.6 Å². The molecular weight excluding hydrogens is 316 g/mol. The Hall–Kier alpha value is -2.82. The Kier molecular flexibility index (Phi) is 7.01. The zero-order valence-corrected chi connectivity index (χ0v) is 14.7. The second-order valence-corrected chi connectivity index (χ2v) is 5.70. The van der Waals surface area contributed by atoms with Gasteiger partial charge in [-0.05, 0) is 30.2 Å². The number of carbonyl (C=O) groups excluding carboxylic acids is 2. The van der Waals surface area contributed by atoms with Gasteiger partial charge >= 0.3 is 0 Å². The molecule has 2 rings (SSSR count). The molecule has 132 valence electrons. The van der Waals surface area contributed by atoms with Crippen molar-refractivity contribution in [3.8, 4) is 5.75 Å². The molecule has 0 aliphatic rings. The number of likely N-dealkylation sites (N-methyl/N-ethyl adjacent to an activating group) is 1. The van der Waals surface area contributed by atoms with E-state index in [1.54, 1.807) is 12.0 Å². The van der Waals surface area contributed by atoms with Gasteiger partial charge in [0.25, 0.3) is 0 Å². The molecular formula is C20H24N2O3. The Morgan fingerprint density at radius 3 is 2.28 bits per heavy atom. The molecule has 0 aromatic heterocycles. The molecule has 0 fully saturated rings. The van der Waals surface area contributed by atoms with Gasteiger partial charge in [-0.1, -0.05) is 42.5 Å². The highest BCUT2D eigenvalue weighted by Crippen LogP contribution is 2.11. The highest BCUT2D eigenvalue weighted by Gasteiger charge is 2.13. The first-order chi connectivity index (χ1) is 12.1. The zero-order valence-electron chi connectivity index (χ0n) is 14.7. The normalized spacial score (nSPS) is 10.2. The first-order valence-electron chi connectivity index (χ1n) is 8.33. The van der Waals surface area contributed by atoms with Gasteiger partial charge < -0.3 is 15.0 Å². The van der Waals surface area contributed by atoms with Crippen LogP contribution in [0.2, 0.25) is 0 Å². The van der Waals surface area contributed by atoms with Crippen molar-refractivity contribution < 1.29 is 14.3 Å². The molecule has 1 N–H and O–H groups in total. The summed E-state index contributed by atoms with van der Waals surface area (Å²) in [5, 5.41) is 2.70. The molecule has 25 heavy (non-hydrogen) atoms. The second-order valence-electron chi connectivity index (χ2n) is 5.70. The van der Waals surface area contributed by atoms with Crippen LogP contribution in [0.25, 0.3) is 0 Å². The third kappa shape index (κ3) is 5.95. The lowest BCUT2D eigenvalue weighted by molar-refractivity contribution is -0.133. The van der Waals surface area contributed by atoms with Gasteiger partial charge in [0, 0.05) is 13.1 Å². The van der Waals surface area contributed by atoms with Gasteiger partial charge in [-0.15, -0.1) is 0 Å². The standard InChI is InChI=1S/C20H24N2O3/c1-3-22(15-17-7-5-4-6-8-17)20(24)14-21-19(23)13-16-9-11-18(25-2)12-10-16/h4-12H,3,13-15H2,1-2H3,(H,21,23). The number of ether oxygens (including phenoxy) is 1. The highest BCUT2D eigenvalue weighted by atomic mass is 16.5. The molecule has 0 atom stereocenters. The van der Waals surface area contributed by atoms with Gasteiger partial charge in [0.1, 0.15) is 5.75 Å². The number of benzene rings is 2. The van der Waals surface area contributed by atoms with E-state index in [0.717, 1.165) is 16.9 Å². The number of hydrogen-bond acceptors (Lipinski definition) is 3. The number of amides is 2. The van der Waals surface area contributed by atoms with Crippen LogP contribution in [-0.2, 0) is 22.6 Å². The van der Waals surface area contributed by atoms with Gasteiger partial charge in [-0.25, -0.2) is 0 Å². The maximum absolute atomic E-state index is 12.3. The Morgan fingerprint density at radius 2 is 1.68 bits per heavy atom. The maximum Gasteiger partial charge on any atom is 0.242 e. The van der Waals surface area contributed by atoms with Crippen molar-refractivity contribution in [3.63, 3.8) is 0 Å². The van der Waals surface area contributed by atoms with Crippen molar-refractivity contribution in [3.05, 3.63) is 65.7 Å². The van der Waals surface area contributed by atoms with Crippen LogP contribution in [0.3, 0.4) is 0 Å². The fourth-order valence-corrected chi connectivity index (χ4v) is 2.46. The van der Waals surface area contributed by atoms with Crippen LogP contribution in [0.1, 0.15) is 18.1 Å². The first-order valence-corrected chi connectivity index (χ1v) is 8.33. The fraction of sp³-hybridized carbons (Fsp3) is 0.300. The molecule has 2 amide bonds. The van der Waals surface area contributed by atoms with E-state index in [-0.39, 0.29) is 24.8 Å². The van der Waals surface area contributed by atoms with Crippen molar-refractivity contribution >= 4 is 11.8 Å². The van der Waals surface area contributed by atoms with Gasteiger partial charge in [-0.3, -0.25) is 9.59 Å². The molecule has 0 aliphatic heterocycles. The van der Waals surface area contributed by atoms with E-state index in [9.17, 15) is 9.59 Å². The minimum atomic E-state index is -0.172.